The number of hydrogen-bond acceptors (Lipinski definition) is 3. The number of ether oxygens (including phenoxy) is 1. The largest absolute Gasteiger partial charge is 0.495 e. The zero-order valence-electron chi connectivity index (χ0n) is 11.4. The lowest BCUT2D eigenvalue weighted by Gasteiger charge is -2.22. The maximum absolute atomic E-state index is 12.6. The van der Waals surface area contributed by atoms with Gasteiger partial charge in [-0.1, -0.05) is 27.5 Å². The van der Waals surface area contributed by atoms with Crippen LogP contribution in [0.5, 0.6) is 5.75 Å². The summed E-state index contributed by atoms with van der Waals surface area (Å²) in [5, 5.41) is 0.434. The van der Waals surface area contributed by atoms with Gasteiger partial charge in [-0.25, -0.2) is 8.42 Å². The minimum atomic E-state index is -3.68. The minimum Gasteiger partial charge on any atom is -0.495 e. The monoisotopic (exact) mass is 389 g/mol. The molecular formula is C14H13BrClNO3S. The summed E-state index contributed by atoms with van der Waals surface area (Å²) in [6.45, 7) is 0. The third kappa shape index (κ3) is 3.33. The molecule has 2 aromatic rings. The number of halogens is 2. The van der Waals surface area contributed by atoms with Gasteiger partial charge in [0.15, 0.2) is 0 Å². The quantitative estimate of drug-likeness (QED) is 0.794. The number of sulfonamides is 1. The number of rotatable bonds is 4. The summed E-state index contributed by atoms with van der Waals surface area (Å²) in [5.74, 6) is 0.433. The molecule has 0 aliphatic carbocycles. The van der Waals surface area contributed by atoms with Crippen LogP contribution in [0.2, 0.25) is 5.02 Å². The molecule has 0 heterocycles. The summed E-state index contributed by atoms with van der Waals surface area (Å²) in [6.07, 6.45) is 0. The van der Waals surface area contributed by atoms with Gasteiger partial charge in [0.1, 0.15) is 5.75 Å². The van der Waals surface area contributed by atoms with Crippen LogP contribution in [0.1, 0.15) is 0 Å². The van der Waals surface area contributed by atoms with Crippen LogP contribution in [0, 0.1) is 0 Å². The van der Waals surface area contributed by atoms with Crippen molar-refractivity contribution in [1.82, 2.24) is 0 Å². The number of methoxy groups -OCH3 is 1. The molecule has 0 aromatic heterocycles. The molecule has 0 fully saturated rings. The minimum absolute atomic E-state index is 0.190. The van der Waals surface area contributed by atoms with Gasteiger partial charge in [-0.05, 0) is 42.5 Å². The molecule has 0 saturated heterocycles. The highest BCUT2D eigenvalue weighted by atomic mass is 79.9. The Labute approximate surface area is 137 Å². The fraction of sp³-hybridized carbons (Fsp3) is 0.143. The second-order valence-electron chi connectivity index (χ2n) is 4.24. The summed E-state index contributed by atoms with van der Waals surface area (Å²) >= 11 is 9.23. The summed E-state index contributed by atoms with van der Waals surface area (Å²) in [6, 6.07) is 11.2. The number of anilines is 1. The molecule has 2 aromatic carbocycles. The Bertz CT molecular complexity index is 747. The number of nitrogens with zero attached hydrogens (tertiary/aromatic N) is 1. The number of hydrogen-bond donors (Lipinski definition) is 0. The van der Waals surface area contributed by atoms with Crippen molar-refractivity contribution in [3.05, 3.63) is 52.0 Å². The first-order chi connectivity index (χ1) is 9.86. The topological polar surface area (TPSA) is 46.6 Å². The van der Waals surface area contributed by atoms with E-state index in [1.165, 1.54) is 26.3 Å². The van der Waals surface area contributed by atoms with Gasteiger partial charge < -0.3 is 4.74 Å². The Kier molecular flexibility index (Phi) is 4.81. The fourth-order valence-electron chi connectivity index (χ4n) is 1.80. The summed E-state index contributed by atoms with van der Waals surface area (Å²) in [7, 11) is -0.741. The lowest BCUT2D eigenvalue weighted by molar-refractivity contribution is 0.416. The van der Waals surface area contributed by atoms with Crippen LogP contribution in [0.4, 0.5) is 5.69 Å². The molecule has 7 heteroatoms. The van der Waals surface area contributed by atoms with E-state index < -0.39 is 10.0 Å². The average molecular weight is 391 g/mol. The van der Waals surface area contributed by atoms with Gasteiger partial charge in [0.2, 0.25) is 0 Å². The molecule has 112 valence electrons. The van der Waals surface area contributed by atoms with E-state index in [-0.39, 0.29) is 4.90 Å². The van der Waals surface area contributed by atoms with Crippen LogP contribution >= 0.6 is 27.5 Å². The van der Waals surface area contributed by atoms with Crippen molar-refractivity contribution in [2.75, 3.05) is 18.5 Å². The van der Waals surface area contributed by atoms with Crippen molar-refractivity contribution in [3.63, 3.8) is 0 Å². The van der Waals surface area contributed by atoms with E-state index in [2.05, 4.69) is 15.9 Å². The van der Waals surface area contributed by atoms with Crippen molar-refractivity contribution >= 4 is 43.2 Å². The molecule has 0 unspecified atom stereocenters. The molecule has 0 N–H and O–H groups in total. The highest BCUT2D eigenvalue weighted by Gasteiger charge is 2.23. The maximum Gasteiger partial charge on any atom is 0.264 e. The van der Waals surface area contributed by atoms with Crippen LogP contribution in [-0.2, 0) is 10.0 Å². The number of benzene rings is 2. The molecule has 0 bridgehead atoms. The lowest BCUT2D eigenvalue weighted by atomic mass is 10.3. The predicted molar refractivity (Wildman–Crippen MR) is 87.7 cm³/mol. The molecule has 21 heavy (non-hydrogen) atoms. The van der Waals surface area contributed by atoms with Gasteiger partial charge in [0.25, 0.3) is 10.0 Å². The molecule has 0 amide bonds. The zero-order valence-corrected chi connectivity index (χ0v) is 14.5. The molecule has 0 radical (unpaired) electrons. The van der Waals surface area contributed by atoms with E-state index in [1.807, 2.05) is 0 Å². The van der Waals surface area contributed by atoms with Crippen molar-refractivity contribution < 1.29 is 13.2 Å². The standard InChI is InChI=1S/C14H13BrClNO3S/c1-17(13-9-11(16)5-8-14(13)20-2)21(18,19)12-6-3-10(15)4-7-12/h3-9H,1-2H3. The van der Waals surface area contributed by atoms with Gasteiger partial charge in [-0.3, -0.25) is 4.31 Å². The SMILES string of the molecule is COc1ccc(Cl)cc1N(C)S(=O)(=O)c1ccc(Br)cc1. The van der Waals surface area contributed by atoms with Gasteiger partial charge >= 0.3 is 0 Å². The molecule has 0 saturated carbocycles. The Hall–Kier alpha value is -1.24. The van der Waals surface area contributed by atoms with Crippen molar-refractivity contribution in [2.24, 2.45) is 0 Å². The Balaban J connectivity index is 2.50. The van der Waals surface area contributed by atoms with Gasteiger partial charge in [0.05, 0.1) is 17.7 Å². The molecule has 2 rings (SSSR count). The van der Waals surface area contributed by atoms with Crippen molar-refractivity contribution in [3.8, 4) is 5.75 Å². The van der Waals surface area contributed by atoms with Crippen LogP contribution in [0.25, 0.3) is 0 Å². The molecule has 0 atom stereocenters. The summed E-state index contributed by atoms with van der Waals surface area (Å²) in [4.78, 5) is 0.190. The van der Waals surface area contributed by atoms with E-state index >= 15 is 0 Å². The first-order valence-corrected chi connectivity index (χ1v) is 8.55. The van der Waals surface area contributed by atoms with Gasteiger partial charge in [0, 0.05) is 16.5 Å². The first kappa shape index (κ1) is 16.1. The highest BCUT2D eigenvalue weighted by molar-refractivity contribution is 9.10. The van der Waals surface area contributed by atoms with E-state index in [0.29, 0.717) is 16.5 Å². The third-order valence-electron chi connectivity index (χ3n) is 2.95. The Morgan fingerprint density at radius 3 is 2.33 bits per heavy atom. The molecule has 0 aliphatic rings. The van der Waals surface area contributed by atoms with E-state index in [1.54, 1.807) is 30.3 Å². The lowest BCUT2D eigenvalue weighted by Crippen LogP contribution is -2.27. The third-order valence-corrected chi connectivity index (χ3v) is 5.50. The fourth-order valence-corrected chi connectivity index (χ4v) is 3.43. The second kappa shape index (κ2) is 6.25. The van der Waals surface area contributed by atoms with Crippen molar-refractivity contribution in [1.29, 1.82) is 0 Å². The smallest absolute Gasteiger partial charge is 0.264 e. The van der Waals surface area contributed by atoms with Crippen LogP contribution < -0.4 is 9.04 Å². The van der Waals surface area contributed by atoms with Gasteiger partial charge in [-0.15, -0.1) is 0 Å². The van der Waals surface area contributed by atoms with Crippen LogP contribution in [0.3, 0.4) is 0 Å². The molecular weight excluding hydrogens is 378 g/mol. The Morgan fingerprint density at radius 2 is 1.76 bits per heavy atom. The van der Waals surface area contributed by atoms with Gasteiger partial charge in [-0.2, -0.15) is 0 Å². The molecule has 0 aliphatic heterocycles. The predicted octanol–water partition coefficient (Wildman–Crippen LogP) is 3.94. The van der Waals surface area contributed by atoms with Crippen LogP contribution in [-0.4, -0.2) is 22.6 Å². The highest BCUT2D eigenvalue weighted by Crippen LogP contribution is 2.33. The zero-order chi connectivity index (χ0) is 15.6. The van der Waals surface area contributed by atoms with E-state index in [9.17, 15) is 8.42 Å². The molecule has 4 nitrogen and oxygen atoms in total. The van der Waals surface area contributed by atoms with E-state index in [0.717, 1.165) is 8.78 Å². The average Bonchev–Trinajstić information content (AvgIpc) is 2.46. The van der Waals surface area contributed by atoms with E-state index in [4.69, 9.17) is 16.3 Å². The first-order valence-electron chi connectivity index (χ1n) is 5.94. The van der Waals surface area contributed by atoms with Crippen LogP contribution in [0.15, 0.2) is 51.8 Å². The maximum atomic E-state index is 12.6. The normalized spacial score (nSPS) is 11.2. The summed E-state index contributed by atoms with van der Waals surface area (Å²) in [5.41, 5.74) is 0.382. The summed E-state index contributed by atoms with van der Waals surface area (Å²) < 4.78 is 32.4. The second-order valence-corrected chi connectivity index (χ2v) is 7.56. The van der Waals surface area contributed by atoms with Crippen molar-refractivity contribution in [2.45, 2.75) is 4.90 Å². The molecule has 0 spiro atoms. The Morgan fingerprint density at radius 1 is 1.14 bits per heavy atom.